The molecule has 1 N–H and O–H groups in total. The molecule has 1 aliphatic rings. The zero-order valence-electron chi connectivity index (χ0n) is 15.0. The summed E-state index contributed by atoms with van der Waals surface area (Å²) < 4.78 is 0.353. The van der Waals surface area contributed by atoms with E-state index in [1.807, 2.05) is 0 Å². The number of carbonyl (C=O) groups excluding carboxylic acids is 1. The minimum absolute atomic E-state index is 0.0958. The summed E-state index contributed by atoms with van der Waals surface area (Å²) in [5.74, 6) is -1.33. The number of rotatable bonds is 5. The quantitative estimate of drug-likeness (QED) is 0.381. The van der Waals surface area contributed by atoms with Crippen molar-refractivity contribution in [3.05, 3.63) is 73.1 Å². The molecule has 10 heteroatoms. The van der Waals surface area contributed by atoms with E-state index < -0.39 is 10.9 Å². The maximum atomic E-state index is 12.7. The van der Waals surface area contributed by atoms with E-state index in [0.717, 1.165) is 11.8 Å². The number of benzene rings is 2. The maximum absolute atomic E-state index is 12.7. The van der Waals surface area contributed by atoms with Crippen LogP contribution >= 0.6 is 27.7 Å². The molecule has 1 fully saturated rings. The summed E-state index contributed by atoms with van der Waals surface area (Å²) in [6.07, 6.45) is 1.57. The molecule has 0 saturated carbocycles. The number of amides is 1. The number of nitro benzene ring substituents is 1. The molecule has 1 amide bonds. The number of carbonyl (C=O) groups is 2. The number of halogens is 1. The van der Waals surface area contributed by atoms with Crippen LogP contribution < -0.4 is 0 Å². The first-order chi connectivity index (χ1) is 13.8. The van der Waals surface area contributed by atoms with Crippen LogP contribution in [-0.2, 0) is 4.79 Å². The van der Waals surface area contributed by atoms with E-state index in [0.29, 0.717) is 32.3 Å². The van der Waals surface area contributed by atoms with Crippen LogP contribution in [0.1, 0.15) is 22.8 Å². The van der Waals surface area contributed by atoms with Crippen LogP contribution in [0.25, 0.3) is 6.08 Å². The summed E-state index contributed by atoms with van der Waals surface area (Å²) in [6.45, 7) is 2.18. The van der Waals surface area contributed by atoms with Gasteiger partial charge in [-0.15, -0.1) is 0 Å². The normalized spacial score (nSPS) is 16.6. The highest BCUT2D eigenvalue weighted by Gasteiger charge is 2.32. The Morgan fingerprint density at radius 3 is 2.76 bits per heavy atom. The van der Waals surface area contributed by atoms with Gasteiger partial charge in [-0.25, -0.2) is 9.79 Å². The van der Waals surface area contributed by atoms with E-state index >= 15 is 0 Å². The molecule has 0 unspecified atom stereocenters. The van der Waals surface area contributed by atoms with E-state index in [1.165, 1.54) is 23.1 Å². The first-order valence-corrected chi connectivity index (χ1v) is 9.98. The number of nitrogens with zero attached hydrogens (tertiary/aromatic N) is 3. The van der Waals surface area contributed by atoms with E-state index in [2.05, 4.69) is 20.9 Å². The first-order valence-electron chi connectivity index (χ1n) is 8.37. The molecular formula is C19H14BrN3O5S. The molecule has 1 heterocycles. The van der Waals surface area contributed by atoms with Crippen molar-refractivity contribution in [1.29, 1.82) is 0 Å². The lowest BCUT2D eigenvalue weighted by Gasteiger charge is -2.12. The Morgan fingerprint density at radius 1 is 1.34 bits per heavy atom. The fourth-order valence-corrected chi connectivity index (χ4v) is 4.05. The molecule has 0 aromatic heterocycles. The lowest BCUT2D eigenvalue weighted by molar-refractivity contribution is -0.385. The summed E-state index contributed by atoms with van der Waals surface area (Å²) in [4.78, 5) is 40.7. The van der Waals surface area contributed by atoms with Crippen LogP contribution in [0.15, 0.2) is 56.8 Å². The molecule has 1 saturated heterocycles. The highest BCUT2D eigenvalue weighted by atomic mass is 79.9. The highest BCUT2D eigenvalue weighted by Crippen LogP contribution is 2.35. The summed E-state index contributed by atoms with van der Waals surface area (Å²) in [5.41, 5.74) is 0.934. The molecule has 0 atom stereocenters. The molecule has 29 heavy (non-hydrogen) atoms. The van der Waals surface area contributed by atoms with Crippen molar-refractivity contribution in [3.63, 3.8) is 0 Å². The standard InChI is InChI=1S/C19H14BrN3O5S/c1-2-22-17(24)16(9-11-6-7-14(20)15(8-11)23(27)28)29-19(22)21-13-5-3-4-12(10-13)18(25)26/h3-10H,2H2,1H3,(H,25,26)/b16-9-,21-19?. The third-order valence-electron chi connectivity index (χ3n) is 3.99. The van der Waals surface area contributed by atoms with Crippen molar-refractivity contribution < 1.29 is 19.6 Å². The minimum Gasteiger partial charge on any atom is -0.478 e. The lowest BCUT2D eigenvalue weighted by Crippen LogP contribution is -2.28. The number of thioether (sulfide) groups is 1. The molecule has 2 aromatic carbocycles. The van der Waals surface area contributed by atoms with Gasteiger partial charge in [-0.05, 0) is 70.5 Å². The molecule has 0 aliphatic carbocycles. The molecule has 1 aliphatic heterocycles. The molecule has 3 rings (SSSR count). The lowest BCUT2D eigenvalue weighted by atomic mass is 10.2. The second-order valence-electron chi connectivity index (χ2n) is 5.88. The second kappa shape index (κ2) is 8.58. The zero-order chi connectivity index (χ0) is 21.1. The number of hydrogen-bond acceptors (Lipinski definition) is 6. The monoisotopic (exact) mass is 475 g/mol. The number of amidine groups is 1. The van der Waals surface area contributed by atoms with E-state index in [4.69, 9.17) is 5.11 Å². The van der Waals surface area contributed by atoms with Gasteiger partial charge < -0.3 is 5.11 Å². The molecule has 0 radical (unpaired) electrons. The Kier molecular flexibility index (Phi) is 6.14. The molecule has 0 bridgehead atoms. The average molecular weight is 476 g/mol. The number of nitro groups is 1. The Bertz CT molecular complexity index is 1080. The van der Waals surface area contributed by atoms with Gasteiger partial charge in [0, 0.05) is 12.6 Å². The van der Waals surface area contributed by atoms with E-state index in [9.17, 15) is 19.7 Å². The Balaban J connectivity index is 1.96. The van der Waals surface area contributed by atoms with Gasteiger partial charge in [0.1, 0.15) is 0 Å². The molecule has 148 valence electrons. The van der Waals surface area contributed by atoms with Gasteiger partial charge in [0.15, 0.2) is 5.17 Å². The summed E-state index contributed by atoms with van der Waals surface area (Å²) in [7, 11) is 0. The second-order valence-corrected chi connectivity index (χ2v) is 7.74. The third-order valence-corrected chi connectivity index (χ3v) is 5.66. The van der Waals surface area contributed by atoms with Gasteiger partial charge in [0.25, 0.3) is 11.6 Å². The third kappa shape index (κ3) is 4.54. The van der Waals surface area contributed by atoms with Crippen LogP contribution in [0.3, 0.4) is 0 Å². The SMILES string of the molecule is CCN1C(=O)/C(=C/c2ccc(Br)c([N+](=O)[O-])c2)SC1=Nc1cccc(C(=O)O)c1. The summed E-state index contributed by atoms with van der Waals surface area (Å²) in [5, 5.41) is 20.7. The van der Waals surface area contributed by atoms with Crippen molar-refractivity contribution >= 4 is 62.2 Å². The minimum atomic E-state index is -1.06. The van der Waals surface area contributed by atoms with Crippen molar-refractivity contribution in [3.8, 4) is 0 Å². The largest absolute Gasteiger partial charge is 0.478 e. The fourth-order valence-electron chi connectivity index (χ4n) is 2.60. The van der Waals surface area contributed by atoms with Crippen LogP contribution in [0, 0.1) is 10.1 Å². The van der Waals surface area contributed by atoms with Crippen molar-refractivity contribution in [2.45, 2.75) is 6.92 Å². The Morgan fingerprint density at radius 2 is 2.10 bits per heavy atom. The molecule has 2 aromatic rings. The number of carboxylic acid groups (broad SMARTS) is 1. The summed E-state index contributed by atoms with van der Waals surface area (Å²) in [6, 6.07) is 10.7. The number of aliphatic imine (C=N–C) groups is 1. The topological polar surface area (TPSA) is 113 Å². The molecule has 0 spiro atoms. The van der Waals surface area contributed by atoms with Crippen molar-refractivity contribution in [2.75, 3.05) is 6.54 Å². The first kappa shape index (κ1) is 20.7. The average Bonchev–Trinajstić information content (AvgIpc) is 2.97. The Hall–Kier alpha value is -2.98. The Labute approximate surface area is 178 Å². The number of likely N-dealkylation sites (N-methyl/N-ethyl adjacent to an activating group) is 1. The fraction of sp³-hybridized carbons (Fsp3) is 0.105. The van der Waals surface area contributed by atoms with Gasteiger partial charge in [0.2, 0.25) is 0 Å². The predicted molar refractivity (Wildman–Crippen MR) is 114 cm³/mol. The molecular weight excluding hydrogens is 462 g/mol. The van der Waals surface area contributed by atoms with Crippen LogP contribution in [-0.4, -0.2) is 38.5 Å². The van der Waals surface area contributed by atoms with Gasteiger partial charge in [0.05, 0.1) is 25.6 Å². The number of aromatic carboxylic acids is 1. The maximum Gasteiger partial charge on any atom is 0.335 e. The van der Waals surface area contributed by atoms with Crippen LogP contribution in [0.2, 0.25) is 0 Å². The number of carboxylic acids is 1. The summed E-state index contributed by atoms with van der Waals surface area (Å²) >= 11 is 4.27. The van der Waals surface area contributed by atoms with Gasteiger partial charge in [-0.3, -0.25) is 19.8 Å². The van der Waals surface area contributed by atoms with Crippen LogP contribution in [0.4, 0.5) is 11.4 Å². The highest BCUT2D eigenvalue weighted by molar-refractivity contribution is 9.10. The van der Waals surface area contributed by atoms with E-state index in [-0.39, 0.29) is 17.2 Å². The van der Waals surface area contributed by atoms with Gasteiger partial charge >= 0.3 is 5.97 Å². The predicted octanol–water partition coefficient (Wildman–Crippen LogP) is 4.68. The van der Waals surface area contributed by atoms with Gasteiger partial charge in [-0.1, -0.05) is 12.1 Å². The van der Waals surface area contributed by atoms with E-state index in [1.54, 1.807) is 37.3 Å². The van der Waals surface area contributed by atoms with Crippen molar-refractivity contribution in [1.82, 2.24) is 4.90 Å². The number of hydrogen-bond donors (Lipinski definition) is 1. The zero-order valence-corrected chi connectivity index (χ0v) is 17.4. The van der Waals surface area contributed by atoms with Crippen molar-refractivity contribution in [2.24, 2.45) is 4.99 Å². The van der Waals surface area contributed by atoms with Gasteiger partial charge in [-0.2, -0.15) is 0 Å². The van der Waals surface area contributed by atoms with Crippen LogP contribution in [0.5, 0.6) is 0 Å². The smallest absolute Gasteiger partial charge is 0.335 e. The molecule has 8 nitrogen and oxygen atoms in total.